The van der Waals surface area contributed by atoms with Crippen molar-refractivity contribution in [2.45, 2.75) is 43.4 Å². The third-order valence-corrected chi connectivity index (χ3v) is 4.06. The quantitative estimate of drug-likeness (QED) is 0.620. The maximum atomic E-state index is 11.1. The second-order valence-electron chi connectivity index (χ2n) is 4.88. The standard InChI is InChI=1S/C10H16N2O2/c1-12-7-2-3-8(12)5-10(4-7)6-11-9(13)14-10/h7-8H,2-6H2,1H3,(H,11,13). The number of carbonyl (C=O) groups excluding carboxylic acids is 1. The number of amides is 1. The Morgan fingerprint density at radius 1 is 1.43 bits per heavy atom. The smallest absolute Gasteiger partial charge is 0.407 e. The van der Waals surface area contributed by atoms with Crippen molar-refractivity contribution in [3.8, 4) is 0 Å². The van der Waals surface area contributed by atoms with Crippen LogP contribution in [0.25, 0.3) is 0 Å². The van der Waals surface area contributed by atoms with E-state index >= 15 is 0 Å². The molecule has 3 aliphatic rings. The minimum absolute atomic E-state index is 0.171. The van der Waals surface area contributed by atoms with Crippen molar-refractivity contribution < 1.29 is 9.53 Å². The minimum Gasteiger partial charge on any atom is -0.441 e. The highest BCUT2D eigenvalue weighted by molar-refractivity contribution is 5.70. The monoisotopic (exact) mass is 196 g/mol. The van der Waals surface area contributed by atoms with Gasteiger partial charge in [-0.2, -0.15) is 0 Å². The highest BCUT2D eigenvalue weighted by Crippen LogP contribution is 2.42. The van der Waals surface area contributed by atoms with Gasteiger partial charge in [0.25, 0.3) is 0 Å². The molecule has 78 valence electrons. The molecule has 0 saturated carbocycles. The Kier molecular flexibility index (Phi) is 1.60. The predicted octanol–water partition coefficient (Wildman–Crippen LogP) is 0.722. The van der Waals surface area contributed by atoms with Crippen LogP contribution in [0.1, 0.15) is 25.7 Å². The Hall–Kier alpha value is -0.770. The van der Waals surface area contributed by atoms with Crippen molar-refractivity contribution in [2.75, 3.05) is 13.6 Å². The number of hydrogen-bond acceptors (Lipinski definition) is 3. The summed E-state index contributed by atoms with van der Waals surface area (Å²) in [6.45, 7) is 0.715. The first-order valence-corrected chi connectivity index (χ1v) is 5.37. The van der Waals surface area contributed by atoms with E-state index in [0.29, 0.717) is 18.6 Å². The number of ether oxygens (including phenoxy) is 1. The van der Waals surface area contributed by atoms with Gasteiger partial charge in [0.05, 0.1) is 6.54 Å². The summed E-state index contributed by atoms with van der Waals surface area (Å²) in [6.07, 6.45) is 4.33. The third kappa shape index (κ3) is 1.06. The fourth-order valence-corrected chi connectivity index (χ4v) is 3.25. The molecule has 2 atom stereocenters. The first-order valence-electron chi connectivity index (χ1n) is 5.37. The Morgan fingerprint density at radius 3 is 2.57 bits per heavy atom. The summed E-state index contributed by atoms with van der Waals surface area (Å²) >= 11 is 0. The minimum atomic E-state index is -0.228. The molecule has 0 aromatic heterocycles. The molecule has 0 aromatic carbocycles. The molecule has 4 heteroatoms. The SMILES string of the molecule is CN1C2CCC1CC1(CNC(=O)O1)C2. The van der Waals surface area contributed by atoms with E-state index in [1.54, 1.807) is 0 Å². The second-order valence-corrected chi connectivity index (χ2v) is 4.88. The van der Waals surface area contributed by atoms with Crippen molar-refractivity contribution in [3.63, 3.8) is 0 Å². The van der Waals surface area contributed by atoms with Gasteiger partial charge in [0.1, 0.15) is 5.60 Å². The van der Waals surface area contributed by atoms with Gasteiger partial charge in [-0.25, -0.2) is 4.79 Å². The number of fused-ring (bicyclic) bond motifs is 2. The lowest BCUT2D eigenvalue weighted by atomic mass is 9.86. The molecular weight excluding hydrogens is 180 g/mol. The van der Waals surface area contributed by atoms with Crippen molar-refractivity contribution >= 4 is 6.09 Å². The summed E-state index contributed by atoms with van der Waals surface area (Å²) in [4.78, 5) is 13.5. The zero-order chi connectivity index (χ0) is 9.76. The van der Waals surface area contributed by atoms with E-state index < -0.39 is 0 Å². The fourth-order valence-electron chi connectivity index (χ4n) is 3.25. The van der Waals surface area contributed by atoms with Gasteiger partial charge in [-0.3, -0.25) is 0 Å². The molecule has 0 aliphatic carbocycles. The topological polar surface area (TPSA) is 41.6 Å². The molecule has 4 nitrogen and oxygen atoms in total. The molecule has 3 saturated heterocycles. The van der Waals surface area contributed by atoms with E-state index in [4.69, 9.17) is 4.74 Å². The summed E-state index contributed by atoms with van der Waals surface area (Å²) in [5.41, 5.74) is -0.171. The van der Waals surface area contributed by atoms with E-state index in [2.05, 4.69) is 17.3 Å². The normalized spacial score (nSPS) is 46.8. The first kappa shape index (κ1) is 8.53. The largest absolute Gasteiger partial charge is 0.441 e. The fraction of sp³-hybridized carbons (Fsp3) is 0.900. The van der Waals surface area contributed by atoms with Crippen molar-refractivity contribution in [3.05, 3.63) is 0 Å². The number of nitrogens with zero attached hydrogens (tertiary/aromatic N) is 1. The number of piperidine rings is 1. The summed E-state index contributed by atoms with van der Waals surface area (Å²) in [7, 11) is 2.19. The lowest BCUT2D eigenvalue weighted by Crippen LogP contribution is -2.51. The van der Waals surface area contributed by atoms with Crippen molar-refractivity contribution in [2.24, 2.45) is 0 Å². The van der Waals surface area contributed by atoms with Crippen LogP contribution in [-0.4, -0.2) is 42.3 Å². The average molecular weight is 196 g/mol. The average Bonchev–Trinajstić information content (AvgIpc) is 2.58. The molecule has 3 rings (SSSR count). The van der Waals surface area contributed by atoms with Crippen LogP contribution in [0, 0.1) is 0 Å². The van der Waals surface area contributed by atoms with Crippen molar-refractivity contribution in [1.29, 1.82) is 0 Å². The van der Waals surface area contributed by atoms with Crippen LogP contribution in [-0.2, 0) is 4.74 Å². The number of hydrogen-bond donors (Lipinski definition) is 1. The molecular formula is C10H16N2O2. The predicted molar refractivity (Wildman–Crippen MR) is 51.0 cm³/mol. The molecule has 1 amide bonds. The number of nitrogens with one attached hydrogen (secondary N) is 1. The van der Waals surface area contributed by atoms with Gasteiger partial charge in [0, 0.05) is 24.9 Å². The number of rotatable bonds is 0. The van der Waals surface area contributed by atoms with Gasteiger partial charge in [-0.15, -0.1) is 0 Å². The third-order valence-electron chi connectivity index (χ3n) is 4.06. The van der Waals surface area contributed by atoms with E-state index in [-0.39, 0.29) is 11.7 Å². The van der Waals surface area contributed by atoms with Gasteiger partial charge in [-0.1, -0.05) is 0 Å². The molecule has 0 radical (unpaired) electrons. The first-order chi connectivity index (χ1) is 6.69. The molecule has 3 heterocycles. The van der Waals surface area contributed by atoms with Crippen LogP contribution in [0.3, 0.4) is 0 Å². The lowest BCUT2D eigenvalue weighted by molar-refractivity contribution is -0.0222. The molecule has 2 unspecified atom stereocenters. The summed E-state index contributed by atoms with van der Waals surface area (Å²) in [5.74, 6) is 0. The Balaban J connectivity index is 1.82. The molecule has 2 bridgehead atoms. The van der Waals surface area contributed by atoms with Crippen LogP contribution < -0.4 is 5.32 Å². The van der Waals surface area contributed by atoms with Gasteiger partial charge >= 0.3 is 6.09 Å². The van der Waals surface area contributed by atoms with Gasteiger partial charge in [0.15, 0.2) is 0 Å². The number of carbonyl (C=O) groups is 1. The summed E-state index contributed by atoms with van der Waals surface area (Å²) < 4.78 is 5.44. The zero-order valence-corrected chi connectivity index (χ0v) is 8.45. The maximum absolute atomic E-state index is 11.1. The molecule has 3 aliphatic heterocycles. The Bertz CT molecular complexity index is 265. The van der Waals surface area contributed by atoms with Gasteiger partial charge < -0.3 is 15.0 Å². The van der Waals surface area contributed by atoms with E-state index in [9.17, 15) is 4.79 Å². The highest BCUT2D eigenvalue weighted by atomic mass is 16.6. The van der Waals surface area contributed by atoms with Gasteiger partial charge in [-0.05, 0) is 19.9 Å². The Morgan fingerprint density at radius 2 is 2.07 bits per heavy atom. The van der Waals surface area contributed by atoms with Crippen LogP contribution >= 0.6 is 0 Å². The van der Waals surface area contributed by atoms with Crippen LogP contribution in [0.5, 0.6) is 0 Å². The molecule has 1 spiro atoms. The highest BCUT2D eigenvalue weighted by Gasteiger charge is 2.51. The summed E-state index contributed by atoms with van der Waals surface area (Å²) in [6, 6.07) is 1.25. The molecule has 1 N–H and O–H groups in total. The molecule has 14 heavy (non-hydrogen) atoms. The maximum Gasteiger partial charge on any atom is 0.407 e. The van der Waals surface area contributed by atoms with Crippen LogP contribution in [0.2, 0.25) is 0 Å². The Labute approximate surface area is 83.6 Å². The van der Waals surface area contributed by atoms with E-state index in [1.165, 1.54) is 12.8 Å². The van der Waals surface area contributed by atoms with E-state index in [0.717, 1.165) is 12.8 Å². The molecule has 0 aromatic rings. The van der Waals surface area contributed by atoms with Crippen molar-refractivity contribution in [1.82, 2.24) is 10.2 Å². The van der Waals surface area contributed by atoms with E-state index in [1.807, 2.05) is 0 Å². The lowest BCUT2D eigenvalue weighted by Gasteiger charge is -2.41. The van der Waals surface area contributed by atoms with Gasteiger partial charge in [0.2, 0.25) is 0 Å². The number of alkyl carbamates (subject to hydrolysis) is 1. The van der Waals surface area contributed by atoms with Crippen LogP contribution in [0.4, 0.5) is 4.79 Å². The summed E-state index contributed by atoms with van der Waals surface area (Å²) in [5, 5.41) is 2.78. The van der Waals surface area contributed by atoms with Crippen LogP contribution in [0.15, 0.2) is 0 Å². The second kappa shape index (κ2) is 2.63. The molecule has 3 fully saturated rings. The zero-order valence-electron chi connectivity index (χ0n) is 8.45.